The number of carbonyl (C=O) groups excluding carboxylic acids is 1. The molecule has 1 aromatic carbocycles. The van der Waals surface area contributed by atoms with Gasteiger partial charge in [-0.25, -0.2) is 9.97 Å². The molecule has 0 atom stereocenters. The number of anilines is 1. The lowest BCUT2D eigenvalue weighted by Gasteiger charge is -2.27. The van der Waals surface area contributed by atoms with E-state index < -0.39 is 0 Å². The molecule has 0 unspecified atom stereocenters. The summed E-state index contributed by atoms with van der Waals surface area (Å²) in [6, 6.07) is 7.39. The van der Waals surface area contributed by atoms with Gasteiger partial charge in [-0.2, -0.15) is 0 Å². The summed E-state index contributed by atoms with van der Waals surface area (Å²) in [6.45, 7) is 1.77. The highest BCUT2D eigenvalue weighted by atomic mass is 16.5. The van der Waals surface area contributed by atoms with Crippen LogP contribution in [0.1, 0.15) is 34.9 Å². The van der Waals surface area contributed by atoms with Crippen LogP contribution < -0.4 is 15.4 Å². The molecule has 0 bridgehead atoms. The number of nitrogens with zero attached hydrogens (tertiary/aromatic N) is 2. The van der Waals surface area contributed by atoms with Gasteiger partial charge < -0.3 is 15.4 Å². The number of ether oxygens (including phenoxy) is 1. The fourth-order valence-electron chi connectivity index (χ4n) is 2.37. The quantitative estimate of drug-likeness (QED) is 0.883. The molecular weight excluding hydrogens is 292 g/mol. The Morgan fingerprint density at radius 2 is 1.83 bits per heavy atom. The van der Waals surface area contributed by atoms with Crippen LogP contribution >= 0.6 is 0 Å². The lowest BCUT2D eigenvalue weighted by Crippen LogP contribution is -2.50. The largest absolute Gasteiger partial charge is 0.488 e. The fraction of sp³-hybridized carbons (Fsp3) is 0.353. The van der Waals surface area contributed by atoms with Crippen LogP contribution in [0.3, 0.4) is 0 Å². The van der Waals surface area contributed by atoms with Crippen molar-refractivity contribution in [3.05, 3.63) is 48.0 Å². The molecule has 1 saturated heterocycles. The molecule has 2 fully saturated rings. The monoisotopic (exact) mass is 310 g/mol. The van der Waals surface area contributed by atoms with Gasteiger partial charge in [0.25, 0.3) is 5.91 Å². The third kappa shape index (κ3) is 3.32. The van der Waals surface area contributed by atoms with Gasteiger partial charge in [0, 0.05) is 37.1 Å². The van der Waals surface area contributed by atoms with Crippen molar-refractivity contribution in [3.8, 4) is 5.75 Å². The van der Waals surface area contributed by atoms with Crippen molar-refractivity contribution >= 4 is 11.6 Å². The Kier molecular flexibility index (Phi) is 3.67. The normalized spacial score (nSPS) is 17.4. The highest BCUT2D eigenvalue weighted by molar-refractivity contribution is 6.03. The summed E-state index contributed by atoms with van der Waals surface area (Å²) in [5.41, 5.74) is 1.19. The summed E-state index contributed by atoms with van der Waals surface area (Å²) in [5, 5.41) is 6.00. The SMILES string of the molecule is O=C(Nc1ccc(OC2CNC2)cc1)c1cnc(C2CC2)nc1. The van der Waals surface area contributed by atoms with E-state index in [4.69, 9.17) is 4.74 Å². The average molecular weight is 310 g/mol. The van der Waals surface area contributed by atoms with E-state index in [1.807, 2.05) is 24.3 Å². The van der Waals surface area contributed by atoms with Gasteiger partial charge in [0.05, 0.1) is 5.56 Å². The zero-order valence-corrected chi connectivity index (χ0v) is 12.7. The van der Waals surface area contributed by atoms with Crippen LogP contribution in [0.5, 0.6) is 5.75 Å². The maximum Gasteiger partial charge on any atom is 0.258 e. The van der Waals surface area contributed by atoms with Crippen molar-refractivity contribution in [2.45, 2.75) is 24.9 Å². The zero-order chi connectivity index (χ0) is 15.6. The second kappa shape index (κ2) is 5.96. The third-order valence-electron chi connectivity index (χ3n) is 4.04. The predicted molar refractivity (Wildman–Crippen MR) is 85.7 cm³/mol. The maximum atomic E-state index is 12.2. The number of hydrogen-bond acceptors (Lipinski definition) is 5. The molecule has 0 spiro atoms. The molecule has 1 aromatic heterocycles. The van der Waals surface area contributed by atoms with Crippen molar-refractivity contribution < 1.29 is 9.53 Å². The Balaban J connectivity index is 1.37. The molecule has 118 valence electrons. The third-order valence-corrected chi connectivity index (χ3v) is 4.04. The Hall–Kier alpha value is -2.47. The van der Waals surface area contributed by atoms with Crippen molar-refractivity contribution in [2.24, 2.45) is 0 Å². The van der Waals surface area contributed by atoms with E-state index in [9.17, 15) is 4.79 Å². The van der Waals surface area contributed by atoms with E-state index in [1.165, 1.54) is 0 Å². The molecular formula is C17H18N4O2. The van der Waals surface area contributed by atoms with Gasteiger partial charge in [-0.1, -0.05) is 0 Å². The Morgan fingerprint density at radius 1 is 1.13 bits per heavy atom. The molecule has 23 heavy (non-hydrogen) atoms. The number of nitrogens with one attached hydrogen (secondary N) is 2. The van der Waals surface area contributed by atoms with Crippen LogP contribution in [-0.2, 0) is 0 Å². The van der Waals surface area contributed by atoms with Crippen molar-refractivity contribution in [1.82, 2.24) is 15.3 Å². The number of amides is 1. The van der Waals surface area contributed by atoms with Crippen LogP contribution in [-0.4, -0.2) is 35.1 Å². The molecule has 1 amide bonds. The summed E-state index contributed by atoms with van der Waals surface area (Å²) in [7, 11) is 0. The highest BCUT2D eigenvalue weighted by Gasteiger charge is 2.26. The molecule has 2 aliphatic rings. The van der Waals surface area contributed by atoms with Gasteiger partial charge in [0.2, 0.25) is 0 Å². The first kappa shape index (κ1) is 14.1. The minimum atomic E-state index is -0.204. The first-order valence-electron chi connectivity index (χ1n) is 7.89. The molecule has 1 aliphatic heterocycles. The first-order valence-corrected chi connectivity index (χ1v) is 7.89. The van der Waals surface area contributed by atoms with Crippen LogP contribution in [0.4, 0.5) is 5.69 Å². The Labute approximate surface area is 134 Å². The first-order chi connectivity index (χ1) is 11.3. The molecule has 2 N–H and O–H groups in total. The number of benzene rings is 1. The van der Waals surface area contributed by atoms with Gasteiger partial charge in [0.15, 0.2) is 0 Å². The van der Waals surface area contributed by atoms with E-state index in [2.05, 4.69) is 20.6 Å². The molecule has 4 rings (SSSR count). The van der Waals surface area contributed by atoms with E-state index in [0.29, 0.717) is 11.5 Å². The second-order valence-electron chi connectivity index (χ2n) is 5.98. The van der Waals surface area contributed by atoms with E-state index in [-0.39, 0.29) is 12.0 Å². The van der Waals surface area contributed by atoms with Gasteiger partial charge in [-0.05, 0) is 37.1 Å². The standard InChI is InChI=1S/C17H18N4O2/c22-17(12-7-19-16(20-8-12)11-1-2-11)21-13-3-5-14(6-4-13)23-15-9-18-10-15/h3-8,11,15,18H,1-2,9-10H2,(H,21,22). The molecule has 2 heterocycles. The second-order valence-corrected chi connectivity index (χ2v) is 5.98. The average Bonchev–Trinajstić information content (AvgIpc) is 3.37. The van der Waals surface area contributed by atoms with Gasteiger partial charge >= 0.3 is 0 Å². The Bertz CT molecular complexity index is 692. The van der Waals surface area contributed by atoms with Crippen molar-refractivity contribution in [2.75, 3.05) is 18.4 Å². The van der Waals surface area contributed by atoms with Crippen LogP contribution in [0.15, 0.2) is 36.7 Å². The fourth-order valence-corrected chi connectivity index (χ4v) is 2.37. The van der Waals surface area contributed by atoms with Crippen molar-refractivity contribution in [3.63, 3.8) is 0 Å². The van der Waals surface area contributed by atoms with E-state index >= 15 is 0 Å². The van der Waals surface area contributed by atoms with Gasteiger partial charge in [-0.15, -0.1) is 0 Å². The summed E-state index contributed by atoms with van der Waals surface area (Å²) in [5.74, 6) is 1.94. The molecule has 1 aliphatic carbocycles. The van der Waals surface area contributed by atoms with Gasteiger partial charge in [0.1, 0.15) is 17.7 Å². The van der Waals surface area contributed by atoms with E-state index in [0.717, 1.165) is 43.2 Å². The molecule has 0 radical (unpaired) electrons. The molecule has 6 heteroatoms. The summed E-state index contributed by atoms with van der Waals surface area (Å²) in [6.07, 6.45) is 5.74. The highest BCUT2D eigenvalue weighted by Crippen LogP contribution is 2.37. The van der Waals surface area contributed by atoms with Crippen molar-refractivity contribution in [1.29, 1.82) is 0 Å². The number of carbonyl (C=O) groups is 1. The zero-order valence-electron chi connectivity index (χ0n) is 12.7. The summed E-state index contributed by atoms with van der Waals surface area (Å²) < 4.78 is 5.74. The summed E-state index contributed by atoms with van der Waals surface area (Å²) in [4.78, 5) is 20.7. The lowest BCUT2D eigenvalue weighted by molar-refractivity contribution is 0.102. The summed E-state index contributed by atoms with van der Waals surface area (Å²) >= 11 is 0. The van der Waals surface area contributed by atoms with Crippen LogP contribution in [0.25, 0.3) is 0 Å². The smallest absolute Gasteiger partial charge is 0.258 e. The minimum Gasteiger partial charge on any atom is -0.488 e. The predicted octanol–water partition coefficient (Wildman–Crippen LogP) is 1.96. The number of rotatable bonds is 5. The molecule has 6 nitrogen and oxygen atoms in total. The lowest BCUT2D eigenvalue weighted by atomic mass is 10.2. The minimum absolute atomic E-state index is 0.204. The van der Waals surface area contributed by atoms with Crippen LogP contribution in [0, 0.1) is 0 Å². The number of hydrogen-bond donors (Lipinski definition) is 2. The number of aromatic nitrogens is 2. The molecule has 1 saturated carbocycles. The van der Waals surface area contributed by atoms with Crippen LogP contribution in [0.2, 0.25) is 0 Å². The Morgan fingerprint density at radius 3 is 2.39 bits per heavy atom. The van der Waals surface area contributed by atoms with E-state index in [1.54, 1.807) is 12.4 Å². The topological polar surface area (TPSA) is 76.1 Å². The maximum absolute atomic E-state index is 12.2. The van der Waals surface area contributed by atoms with Gasteiger partial charge in [-0.3, -0.25) is 4.79 Å². The molecule has 2 aromatic rings.